The van der Waals surface area contributed by atoms with Crippen molar-refractivity contribution in [2.45, 2.75) is 3.79 Å². The first-order chi connectivity index (χ1) is 8.27. The number of nitrogens with one attached hydrogen (secondary N) is 1. The highest BCUT2D eigenvalue weighted by atomic mass is 35.6. The zero-order chi connectivity index (χ0) is 13.9. The summed E-state index contributed by atoms with van der Waals surface area (Å²) in [5.74, 6) is -2.17. The quantitative estimate of drug-likeness (QED) is 0.500. The van der Waals surface area contributed by atoms with Crippen LogP contribution in [0.5, 0.6) is 5.75 Å². The summed E-state index contributed by atoms with van der Waals surface area (Å²) in [6.45, 7) is 0. The van der Waals surface area contributed by atoms with Crippen LogP contribution in [0.2, 0.25) is 0 Å². The van der Waals surface area contributed by atoms with Gasteiger partial charge < -0.3 is 15.2 Å². The molecule has 0 saturated carbocycles. The molecule has 8 heteroatoms. The van der Waals surface area contributed by atoms with Crippen LogP contribution in [0.4, 0.5) is 5.69 Å². The predicted molar refractivity (Wildman–Crippen MR) is 68.4 cm³/mol. The Bertz CT molecular complexity index is 485. The van der Waals surface area contributed by atoms with E-state index < -0.39 is 21.4 Å². The maximum atomic E-state index is 11.4. The molecule has 18 heavy (non-hydrogen) atoms. The molecule has 0 aliphatic heterocycles. The summed E-state index contributed by atoms with van der Waals surface area (Å²) in [5.41, 5.74) is -0.172. The summed E-state index contributed by atoms with van der Waals surface area (Å²) >= 11 is 16.1. The first-order valence-corrected chi connectivity index (χ1v) is 5.69. The Kier molecular flexibility index (Phi) is 4.67. The molecule has 98 valence electrons. The van der Waals surface area contributed by atoms with Crippen molar-refractivity contribution >= 4 is 52.4 Å². The van der Waals surface area contributed by atoms with Gasteiger partial charge in [0.15, 0.2) is 5.75 Å². The molecule has 0 aromatic heterocycles. The number of phenolic OH excluding ortho intramolecular Hbond substituents is 1. The van der Waals surface area contributed by atoms with Crippen LogP contribution in [-0.4, -0.2) is 27.9 Å². The van der Waals surface area contributed by atoms with Crippen molar-refractivity contribution in [2.75, 3.05) is 12.4 Å². The first kappa shape index (κ1) is 14.9. The van der Waals surface area contributed by atoms with E-state index in [1.165, 1.54) is 18.2 Å². The number of anilines is 1. The number of hydrogen-bond acceptors (Lipinski definition) is 4. The SMILES string of the molecule is COC(=O)c1cccc(NC(=O)C(Cl)(Cl)Cl)c1O. The fourth-order valence-electron chi connectivity index (χ4n) is 1.11. The number of alkyl halides is 3. The summed E-state index contributed by atoms with van der Waals surface area (Å²) in [7, 11) is 1.16. The van der Waals surface area contributed by atoms with Crippen molar-refractivity contribution in [3.63, 3.8) is 0 Å². The first-order valence-electron chi connectivity index (χ1n) is 4.56. The molecule has 0 unspecified atom stereocenters. The third-order valence-electron chi connectivity index (χ3n) is 1.95. The van der Waals surface area contributed by atoms with E-state index in [1.54, 1.807) is 0 Å². The maximum Gasteiger partial charge on any atom is 0.341 e. The Morgan fingerprint density at radius 3 is 2.44 bits per heavy atom. The normalized spacial score (nSPS) is 10.9. The second-order valence-electron chi connectivity index (χ2n) is 3.15. The van der Waals surface area contributed by atoms with Crippen LogP contribution in [0.25, 0.3) is 0 Å². The number of halogens is 3. The minimum absolute atomic E-state index is 0.0609. The average Bonchev–Trinajstić information content (AvgIpc) is 2.29. The van der Waals surface area contributed by atoms with Crippen LogP contribution in [0.3, 0.4) is 0 Å². The molecule has 2 N–H and O–H groups in total. The van der Waals surface area contributed by atoms with E-state index in [1.807, 2.05) is 0 Å². The van der Waals surface area contributed by atoms with Crippen molar-refractivity contribution in [1.29, 1.82) is 0 Å². The average molecular weight is 313 g/mol. The van der Waals surface area contributed by atoms with Crippen LogP contribution in [0.15, 0.2) is 18.2 Å². The van der Waals surface area contributed by atoms with E-state index in [9.17, 15) is 14.7 Å². The van der Waals surface area contributed by atoms with Crippen LogP contribution in [0.1, 0.15) is 10.4 Å². The number of rotatable bonds is 2. The number of phenols is 1. The number of ether oxygens (including phenoxy) is 1. The van der Waals surface area contributed by atoms with Gasteiger partial charge in [-0.2, -0.15) is 0 Å². The zero-order valence-corrected chi connectivity index (χ0v) is 11.3. The van der Waals surface area contributed by atoms with Crippen molar-refractivity contribution in [3.8, 4) is 5.75 Å². The number of methoxy groups -OCH3 is 1. The van der Waals surface area contributed by atoms with E-state index in [0.29, 0.717) is 0 Å². The molecule has 0 aliphatic carbocycles. The van der Waals surface area contributed by atoms with Gasteiger partial charge in [0, 0.05) is 0 Å². The van der Waals surface area contributed by atoms with Gasteiger partial charge >= 0.3 is 5.97 Å². The Labute approximate surface area is 118 Å². The number of hydrogen-bond donors (Lipinski definition) is 2. The zero-order valence-electron chi connectivity index (χ0n) is 9.04. The third kappa shape index (κ3) is 3.41. The minimum atomic E-state index is -2.17. The highest BCUT2D eigenvalue weighted by Gasteiger charge is 2.31. The number of amides is 1. The van der Waals surface area contributed by atoms with Gasteiger partial charge in [0.05, 0.1) is 12.8 Å². The molecule has 1 aromatic rings. The number of carbonyl (C=O) groups excluding carboxylic acids is 2. The second-order valence-corrected chi connectivity index (χ2v) is 5.43. The summed E-state index contributed by atoms with van der Waals surface area (Å²) < 4.78 is 2.28. The fourth-order valence-corrected chi connectivity index (χ4v) is 1.25. The standard InChI is InChI=1S/C10H8Cl3NO4/c1-18-8(16)5-3-2-4-6(7(5)15)14-9(17)10(11,12)13/h2-4,15H,1H3,(H,14,17). The molecule has 0 radical (unpaired) electrons. The van der Waals surface area contributed by atoms with Crippen LogP contribution < -0.4 is 5.32 Å². The molecule has 1 rings (SSSR count). The number of esters is 1. The van der Waals surface area contributed by atoms with Gasteiger partial charge in [0.25, 0.3) is 9.70 Å². The highest BCUT2D eigenvalue weighted by molar-refractivity contribution is 6.76. The van der Waals surface area contributed by atoms with Gasteiger partial charge in [-0.25, -0.2) is 4.79 Å². The predicted octanol–water partition coefficient (Wildman–Crippen LogP) is 2.49. The minimum Gasteiger partial charge on any atom is -0.505 e. The molecule has 0 spiro atoms. The number of benzene rings is 1. The summed E-state index contributed by atoms with van der Waals surface area (Å²) in [4.78, 5) is 22.7. The van der Waals surface area contributed by atoms with Gasteiger partial charge in [0.1, 0.15) is 5.56 Å². The summed E-state index contributed by atoms with van der Waals surface area (Å²) in [6.07, 6.45) is 0. The van der Waals surface area contributed by atoms with E-state index >= 15 is 0 Å². The Morgan fingerprint density at radius 2 is 1.94 bits per heavy atom. The lowest BCUT2D eigenvalue weighted by Crippen LogP contribution is -2.27. The molecule has 1 amide bonds. The Hall–Kier alpha value is -1.17. The molecule has 0 bridgehead atoms. The maximum absolute atomic E-state index is 11.4. The molecule has 0 saturated heterocycles. The monoisotopic (exact) mass is 311 g/mol. The van der Waals surface area contributed by atoms with Gasteiger partial charge in [-0.3, -0.25) is 4.79 Å². The van der Waals surface area contributed by atoms with Crippen molar-refractivity contribution in [1.82, 2.24) is 0 Å². The Balaban J connectivity index is 3.05. The molecule has 0 fully saturated rings. The van der Waals surface area contributed by atoms with E-state index in [0.717, 1.165) is 7.11 Å². The van der Waals surface area contributed by atoms with Gasteiger partial charge in [-0.15, -0.1) is 0 Å². The molecule has 1 aromatic carbocycles. The number of carbonyl (C=O) groups is 2. The van der Waals surface area contributed by atoms with E-state index in [4.69, 9.17) is 34.8 Å². The topological polar surface area (TPSA) is 75.6 Å². The van der Waals surface area contributed by atoms with E-state index in [-0.39, 0.29) is 11.3 Å². The van der Waals surface area contributed by atoms with Crippen LogP contribution in [-0.2, 0) is 9.53 Å². The fraction of sp³-hybridized carbons (Fsp3) is 0.200. The van der Waals surface area contributed by atoms with Crippen molar-refractivity contribution in [2.24, 2.45) is 0 Å². The van der Waals surface area contributed by atoms with Gasteiger partial charge in [-0.05, 0) is 12.1 Å². The lowest BCUT2D eigenvalue weighted by Gasteiger charge is -2.13. The largest absolute Gasteiger partial charge is 0.505 e. The lowest BCUT2D eigenvalue weighted by molar-refractivity contribution is -0.115. The summed E-state index contributed by atoms with van der Waals surface area (Å²) in [6, 6.07) is 4.10. The van der Waals surface area contributed by atoms with Gasteiger partial charge in [-0.1, -0.05) is 40.9 Å². The molecule has 0 atom stereocenters. The lowest BCUT2D eigenvalue weighted by atomic mass is 10.1. The molecule has 0 aliphatic rings. The van der Waals surface area contributed by atoms with E-state index in [2.05, 4.69) is 10.1 Å². The third-order valence-corrected chi connectivity index (χ3v) is 2.46. The summed E-state index contributed by atoms with van der Waals surface area (Å²) in [5, 5.41) is 11.9. The number of aromatic hydroxyl groups is 1. The van der Waals surface area contributed by atoms with Crippen molar-refractivity contribution in [3.05, 3.63) is 23.8 Å². The van der Waals surface area contributed by atoms with Crippen molar-refractivity contribution < 1.29 is 19.4 Å². The molecular formula is C10H8Cl3NO4. The van der Waals surface area contributed by atoms with Crippen LogP contribution in [0, 0.1) is 0 Å². The highest BCUT2D eigenvalue weighted by Crippen LogP contribution is 2.32. The molecular weight excluding hydrogens is 304 g/mol. The second kappa shape index (κ2) is 5.65. The number of para-hydroxylation sites is 1. The van der Waals surface area contributed by atoms with Crippen LogP contribution >= 0.6 is 34.8 Å². The molecule has 0 heterocycles. The Morgan fingerprint density at radius 1 is 1.33 bits per heavy atom. The smallest absolute Gasteiger partial charge is 0.341 e. The molecule has 5 nitrogen and oxygen atoms in total. The van der Waals surface area contributed by atoms with Gasteiger partial charge in [0.2, 0.25) is 0 Å².